The average Bonchev–Trinajstić information content (AvgIpc) is 2.02. The minimum absolute atomic E-state index is 0.0706. The average molecular weight is 157 g/mol. The topological polar surface area (TPSA) is 58.9 Å². The van der Waals surface area contributed by atoms with Crippen LogP contribution in [0.2, 0.25) is 0 Å². The SMILES string of the molecule is C=CC(C)OC(=O)C(C)=NO. The fourth-order valence-electron chi connectivity index (χ4n) is 0.343. The van der Waals surface area contributed by atoms with E-state index in [1.807, 2.05) is 0 Å². The molecular weight excluding hydrogens is 146 g/mol. The van der Waals surface area contributed by atoms with Crippen molar-refractivity contribution >= 4 is 11.7 Å². The lowest BCUT2D eigenvalue weighted by atomic mass is 10.4. The van der Waals surface area contributed by atoms with Crippen LogP contribution >= 0.6 is 0 Å². The van der Waals surface area contributed by atoms with E-state index in [0.29, 0.717) is 0 Å². The number of carbonyl (C=O) groups excluding carboxylic acids is 1. The fourth-order valence-corrected chi connectivity index (χ4v) is 0.343. The van der Waals surface area contributed by atoms with Gasteiger partial charge in [0.15, 0.2) is 5.71 Å². The summed E-state index contributed by atoms with van der Waals surface area (Å²) in [7, 11) is 0. The van der Waals surface area contributed by atoms with Crippen LogP contribution in [-0.2, 0) is 9.53 Å². The van der Waals surface area contributed by atoms with Gasteiger partial charge in [0.05, 0.1) is 0 Å². The van der Waals surface area contributed by atoms with Crippen LogP contribution in [0.1, 0.15) is 13.8 Å². The summed E-state index contributed by atoms with van der Waals surface area (Å²) in [5.41, 5.74) is -0.0706. The third-order valence-electron chi connectivity index (χ3n) is 1.07. The number of nitrogens with zero attached hydrogens (tertiary/aromatic N) is 1. The second kappa shape index (κ2) is 4.49. The number of hydrogen-bond acceptors (Lipinski definition) is 4. The van der Waals surface area contributed by atoms with Crippen LogP contribution in [0.3, 0.4) is 0 Å². The maximum absolute atomic E-state index is 10.8. The molecule has 0 aromatic carbocycles. The Hall–Kier alpha value is -1.32. The van der Waals surface area contributed by atoms with Gasteiger partial charge < -0.3 is 9.94 Å². The molecule has 4 nitrogen and oxygen atoms in total. The first kappa shape index (κ1) is 9.68. The molecule has 0 aromatic heterocycles. The van der Waals surface area contributed by atoms with Crippen molar-refractivity contribution in [1.82, 2.24) is 0 Å². The Balaban J connectivity index is 3.97. The standard InChI is InChI=1S/C7H11NO3/c1-4-5(2)11-7(9)6(3)8-10/h4-5,10H,1H2,2-3H3. The Labute approximate surface area is 65.2 Å². The van der Waals surface area contributed by atoms with Crippen LogP contribution < -0.4 is 0 Å². The number of hydrogen-bond donors (Lipinski definition) is 1. The van der Waals surface area contributed by atoms with Gasteiger partial charge in [0.2, 0.25) is 0 Å². The smallest absolute Gasteiger partial charge is 0.356 e. The summed E-state index contributed by atoms with van der Waals surface area (Å²) in [6.45, 7) is 6.44. The zero-order chi connectivity index (χ0) is 8.85. The molecule has 0 amide bonds. The maximum atomic E-state index is 10.8. The van der Waals surface area contributed by atoms with Crippen LogP contribution in [0.25, 0.3) is 0 Å². The summed E-state index contributed by atoms with van der Waals surface area (Å²) in [6, 6.07) is 0. The third kappa shape index (κ3) is 3.40. The highest BCUT2D eigenvalue weighted by Crippen LogP contribution is 1.93. The van der Waals surface area contributed by atoms with Crippen LogP contribution in [0.5, 0.6) is 0 Å². The molecule has 0 fully saturated rings. The maximum Gasteiger partial charge on any atom is 0.356 e. The van der Waals surface area contributed by atoms with Gasteiger partial charge in [0.25, 0.3) is 0 Å². The molecule has 0 aliphatic rings. The molecule has 0 aromatic rings. The highest BCUT2D eigenvalue weighted by Gasteiger charge is 2.09. The van der Waals surface area contributed by atoms with Crippen LogP contribution in [-0.4, -0.2) is 23.0 Å². The molecule has 11 heavy (non-hydrogen) atoms. The normalized spacial score (nSPS) is 13.8. The molecule has 0 rings (SSSR count). The Morgan fingerprint density at radius 3 is 2.73 bits per heavy atom. The van der Waals surface area contributed by atoms with E-state index in [0.717, 1.165) is 0 Å². The number of carbonyl (C=O) groups is 1. The Bertz CT molecular complexity index is 186. The van der Waals surface area contributed by atoms with Gasteiger partial charge in [-0.05, 0) is 13.8 Å². The van der Waals surface area contributed by atoms with Crippen molar-refractivity contribution in [2.45, 2.75) is 20.0 Å². The molecular formula is C7H11NO3. The van der Waals surface area contributed by atoms with Crippen molar-refractivity contribution in [2.75, 3.05) is 0 Å². The van der Waals surface area contributed by atoms with Crippen LogP contribution in [0, 0.1) is 0 Å². The number of rotatable bonds is 3. The number of oxime groups is 1. The molecule has 1 unspecified atom stereocenters. The largest absolute Gasteiger partial charge is 0.454 e. The second-order valence-corrected chi connectivity index (χ2v) is 2.03. The van der Waals surface area contributed by atoms with Gasteiger partial charge in [-0.1, -0.05) is 17.8 Å². The molecule has 0 spiro atoms. The van der Waals surface area contributed by atoms with Crippen LogP contribution in [0.4, 0.5) is 0 Å². The van der Waals surface area contributed by atoms with Crippen molar-refractivity contribution in [3.05, 3.63) is 12.7 Å². The van der Waals surface area contributed by atoms with Crippen LogP contribution in [0.15, 0.2) is 17.8 Å². The van der Waals surface area contributed by atoms with E-state index in [-0.39, 0.29) is 11.8 Å². The van der Waals surface area contributed by atoms with Crippen molar-refractivity contribution in [3.63, 3.8) is 0 Å². The van der Waals surface area contributed by atoms with Gasteiger partial charge in [-0.25, -0.2) is 4.79 Å². The second-order valence-electron chi connectivity index (χ2n) is 2.03. The molecule has 1 N–H and O–H groups in total. The minimum Gasteiger partial charge on any atom is -0.454 e. The van der Waals surface area contributed by atoms with E-state index in [2.05, 4.69) is 11.7 Å². The molecule has 0 saturated carbocycles. The highest BCUT2D eigenvalue weighted by molar-refractivity contribution is 6.35. The van der Waals surface area contributed by atoms with Crippen molar-refractivity contribution in [1.29, 1.82) is 0 Å². The molecule has 0 bridgehead atoms. The first-order valence-electron chi connectivity index (χ1n) is 3.14. The molecule has 1 atom stereocenters. The van der Waals surface area contributed by atoms with Gasteiger partial charge in [0.1, 0.15) is 6.10 Å². The fraction of sp³-hybridized carbons (Fsp3) is 0.429. The molecule has 0 saturated heterocycles. The summed E-state index contributed by atoms with van der Waals surface area (Å²) in [4.78, 5) is 10.8. The zero-order valence-corrected chi connectivity index (χ0v) is 6.57. The molecule has 4 heteroatoms. The first-order chi connectivity index (χ1) is 5.11. The molecule has 0 radical (unpaired) electrons. The number of esters is 1. The van der Waals surface area contributed by atoms with E-state index < -0.39 is 5.97 Å². The molecule has 0 aliphatic heterocycles. The minimum atomic E-state index is -0.639. The van der Waals surface area contributed by atoms with E-state index in [9.17, 15) is 4.79 Å². The van der Waals surface area contributed by atoms with Gasteiger partial charge in [-0.15, -0.1) is 0 Å². The summed E-state index contributed by atoms with van der Waals surface area (Å²) in [5.74, 6) is -0.639. The predicted molar refractivity (Wildman–Crippen MR) is 40.6 cm³/mol. The lowest BCUT2D eigenvalue weighted by molar-refractivity contribution is -0.138. The monoisotopic (exact) mass is 157 g/mol. The third-order valence-corrected chi connectivity index (χ3v) is 1.07. The lowest BCUT2D eigenvalue weighted by Gasteiger charge is -2.06. The van der Waals surface area contributed by atoms with Crippen molar-refractivity contribution < 1.29 is 14.7 Å². The summed E-state index contributed by atoms with van der Waals surface area (Å²) >= 11 is 0. The quantitative estimate of drug-likeness (QED) is 0.218. The summed E-state index contributed by atoms with van der Waals surface area (Å²) in [5, 5.41) is 10.8. The zero-order valence-electron chi connectivity index (χ0n) is 6.57. The Morgan fingerprint density at radius 2 is 2.36 bits per heavy atom. The van der Waals surface area contributed by atoms with Crippen molar-refractivity contribution in [2.24, 2.45) is 5.16 Å². The Kier molecular flexibility index (Phi) is 3.95. The predicted octanol–water partition coefficient (Wildman–Crippen LogP) is 0.954. The first-order valence-corrected chi connectivity index (χ1v) is 3.14. The van der Waals surface area contributed by atoms with Gasteiger partial charge >= 0.3 is 5.97 Å². The Morgan fingerprint density at radius 1 is 1.82 bits per heavy atom. The lowest BCUT2D eigenvalue weighted by Crippen LogP contribution is -2.19. The van der Waals surface area contributed by atoms with E-state index in [1.54, 1.807) is 6.92 Å². The van der Waals surface area contributed by atoms with E-state index in [4.69, 9.17) is 9.94 Å². The van der Waals surface area contributed by atoms with Gasteiger partial charge in [-0.2, -0.15) is 0 Å². The molecule has 0 heterocycles. The van der Waals surface area contributed by atoms with Gasteiger partial charge in [-0.3, -0.25) is 0 Å². The highest BCUT2D eigenvalue weighted by atomic mass is 16.5. The van der Waals surface area contributed by atoms with E-state index >= 15 is 0 Å². The molecule has 0 aliphatic carbocycles. The molecule has 62 valence electrons. The number of ether oxygens (including phenoxy) is 1. The van der Waals surface area contributed by atoms with E-state index in [1.165, 1.54) is 13.0 Å². The summed E-state index contributed by atoms with van der Waals surface area (Å²) in [6.07, 6.45) is 1.11. The van der Waals surface area contributed by atoms with Gasteiger partial charge in [0, 0.05) is 0 Å². The van der Waals surface area contributed by atoms with Crippen molar-refractivity contribution in [3.8, 4) is 0 Å². The summed E-state index contributed by atoms with van der Waals surface area (Å²) < 4.78 is 4.70.